The topological polar surface area (TPSA) is 97.0 Å². The molecule has 0 saturated carbocycles. The zero-order valence-corrected chi connectivity index (χ0v) is 18.1. The number of aryl methyl sites for hydroxylation is 1. The van der Waals surface area contributed by atoms with Crippen LogP contribution < -0.4 is 24.4 Å². The number of ether oxygens (including phenoxy) is 2. The van der Waals surface area contributed by atoms with E-state index in [0.717, 1.165) is 24.3 Å². The normalized spacial score (nSPS) is 10.9. The summed E-state index contributed by atoms with van der Waals surface area (Å²) in [5, 5.41) is 2.58. The van der Waals surface area contributed by atoms with E-state index in [9.17, 15) is 13.2 Å². The molecule has 2 aromatic rings. The largest absolute Gasteiger partial charge is 0.497 e. The van der Waals surface area contributed by atoms with Crippen LogP contribution in [0.1, 0.15) is 19.4 Å². The number of rotatable bonds is 8. The summed E-state index contributed by atoms with van der Waals surface area (Å²) in [4.78, 5) is 14.3. The third-order valence-electron chi connectivity index (χ3n) is 4.47. The third kappa shape index (κ3) is 5.32. The van der Waals surface area contributed by atoms with Crippen molar-refractivity contribution >= 4 is 27.4 Å². The van der Waals surface area contributed by atoms with Crippen molar-refractivity contribution in [2.45, 2.75) is 25.7 Å². The maximum Gasteiger partial charge on any atom is 0.333 e. The Morgan fingerprint density at radius 3 is 2.28 bits per heavy atom. The standard InChI is InChI=1S/C20H27N3O5S/c1-6-23(7-2)15-8-10-17(14(3)12-15)21-20(24)22-29(25,26)19-13-16(27-4)9-11-18(19)28-5/h8-13H,6-7H2,1-5H3,(H2,21,22,24). The van der Waals surface area contributed by atoms with Crippen LogP contribution in [0.5, 0.6) is 11.5 Å². The Labute approximate surface area is 171 Å². The van der Waals surface area contributed by atoms with Crippen LogP contribution in [0, 0.1) is 6.92 Å². The molecule has 0 aromatic heterocycles. The van der Waals surface area contributed by atoms with Crippen molar-refractivity contribution in [2.24, 2.45) is 0 Å². The van der Waals surface area contributed by atoms with Crippen molar-refractivity contribution in [3.05, 3.63) is 42.0 Å². The molecule has 158 valence electrons. The Bertz CT molecular complexity index is 972. The Morgan fingerprint density at radius 1 is 1.03 bits per heavy atom. The van der Waals surface area contributed by atoms with E-state index in [-0.39, 0.29) is 10.6 Å². The van der Waals surface area contributed by atoms with E-state index in [2.05, 4.69) is 24.1 Å². The van der Waals surface area contributed by atoms with E-state index >= 15 is 0 Å². The van der Waals surface area contributed by atoms with Gasteiger partial charge in [0, 0.05) is 30.5 Å². The molecule has 0 bridgehead atoms. The molecule has 0 radical (unpaired) electrons. The van der Waals surface area contributed by atoms with Crippen molar-refractivity contribution in [3.8, 4) is 11.5 Å². The molecule has 0 aliphatic rings. The SMILES string of the molecule is CCN(CC)c1ccc(NC(=O)NS(=O)(=O)c2cc(OC)ccc2OC)c(C)c1. The van der Waals surface area contributed by atoms with Crippen LogP contribution in [0.4, 0.5) is 16.2 Å². The first-order valence-corrected chi connectivity index (χ1v) is 10.6. The summed E-state index contributed by atoms with van der Waals surface area (Å²) in [7, 11) is -1.40. The maximum atomic E-state index is 12.7. The average molecular weight is 422 g/mol. The second kappa shape index (κ2) is 9.51. The van der Waals surface area contributed by atoms with Crippen LogP contribution >= 0.6 is 0 Å². The number of nitrogens with zero attached hydrogens (tertiary/aromatic N) is 1. The monoisotopic (exact) mass is 421 g/mol. The van der Waals surface area contributed by atoms with Gasteiger partial charge in [0.1, 0.15) is 16.4 Å². The number of hydrogen-bond acceptors (Lipinski definition) is 6. The summed E-state index contributed by atoms with van der Waals surface area (Å²) in [6.45, 7) is 7.71. The van der Waals surface area contributed by atoms with E-state index < -0.39 is 16.1 Å². The highest BCUT2D eigenvalue weighted by molar-refractivity contribution is 7.90. The summed E-state index contributed by atoms with van der Waals surface area (Å²) < 4.78 is 37.5. The number of carbonyl (C=O) groups is 1. The van der Waals surface area contributed by atoms with Gasteiger partial charge in [0.25, 0.3) is 10.0 Å². The highest BCUT2D eigenvalue weighted by atomic mass is 32.2. The molecule has 0 saturated heterocycles. The molecule has 0 spiro atoms. The van der Waals surface area contributed by atoms with Gasteiger partial charge in [-0.25, -0.2) is 17.9 Å². The second-order valence-electron chi connectivity index (χ2n) is 6.25. The van der Waals surface area contributed by atoms with E-state index in [1.165, 1.54) is 26.4 Å². The fraction of sp³-hybridized carbons (Fsp3) is 0.350. The first-order chi connectivity index (χ1) is 13.7. The van der Waals surface area contributed by atoms with Gasteiger partial charge >= 0.3 is 6.03 Å². The van der Waals surface area contributed by atoms with Crippen molar-refractivity contribution in [2.75, 3.05) is 37.5 Å². The minimum atomic E-state index is -4.17. The average Bonchev–Trinajstić information content (AvgIpc) is 2.70. The number of urea groups is 1. The zero-order valence-electron chi connectivity index (χ0n) is 17.3. The number of nitrogens with one attached hydrogen (secondary N) is 2. The quantitative estimate of drug-likeness (QED) is 0.678. The molecule has 2 rings (SSSR count). The smallest absolute Gasteiger partial charge is 0.333 e. The number of hydrogen-bond donors (Lipinski definition) is 2. The lowest BCUT2D eigenvalue weighted by atomic mass is 10.1. The molecule has 2 aromatic carbocycles. The first kappa shape index (κ1) is 22.4. The summed E-state index contributed by atoms with van der Waals surface area (Å²) >= 11 is 0. The van der Waals surface area contributed by atoms with Crippen molar-refractivity contribution in [3.63, 3.8) is 0 Å². The first-order valence-electron chi connectivity index (χ1n) is 9.17. The van der Waals surface area contributed by atoms with Gasteiger partial charge in [0.15, 0.2) is 0 Å². The van der Waals surface area contributed by atoms with E-state index in [0.29, 0.717) is 11.4 Å². The van der Waals surface area contributed by atoms with Crippen LogP contribution in [-0.4, -0.2) is 41.8 Å². The molecule has 0 fully saturated rings. The van der Waals surface area contributed by atoms with Gasteiger partial charge in [0.2, 0.25) is 0 Å². The van der Waals surface area contributed by atoms with Crippen LogP contribution in [0.2, 0.25) is 0 Å². The van der Waals surface area contributed by atoms with Crippen LogP contribution in [0.15, 0.2) is 41.3 Å². The van der Waals surface area contributed by atoms with Crippen LogP contribution in [-0.2, 0) is 10.0 Å². The van der Waals surface area contributed by atoms with Gasteiger partial charge in [0.05, 0.1) is 14.2 Å². The highest BCUT2D eigenvalue weighted by Crippen LogP contribution is 2.28. The Morgan fingerprint density at radius 2 is 1.72 bits per heavy atom. The molecular formula is C20H27N3O5S. The lowest BCUT2D eigenvalue weighted by Crippen LogP contribution is -2.34. The van der Waals surface area contributed by atoms with E-state index in [4.69, 9.17) is 9.47 Å². The van der Waals surface area contributed by atoms with Gasteiger partial charge in [-0.1, -0.05) is 0 Å². The number of benzene rings is 2. The Kier molecular flexibility index (Phi) is 7.33. The van der Waals surface area contributed by atoms with Gasteiger partial charge in [-0.3, -0.25) is 0 Å². The summed E-state index contributed by atoms with van der Waals surface area (Å²) in [6.07, 6.45) is 0. The predicted octanol–water partition coefficient (Wildman–Crippen LogP) is 3.37. The lowest BCUT2D eigenvalue weighted by Gasteiger charge is -2.22. The zero-order chi connectivity index (χ0) is 21.6. The third-order valence-corrected chi connectivity index (χ3v) is 5.83. The van der Waals surface area contributed by atoms with Crippen molar-refractivity contribution in [1.82, 2.24) is 4.72 Å². The molecule has 0 heterocycles. The number of carbonyl (C=O) groups excluding carboxylic acids is 1. The van der Waals surface area contributed by atoms with E-state index in [1.807, 2.05) is 23.8 Å². The maximum absolute atomic E-state index is 12.7. The fourth-order valence-corrected chi connectivity index (χ4v) is 3.98. The molecule has 0 unspecified atom stereocenters. The van der Waals surface area contributed by atoms with E-state index in [1.54, 1.807) is 12.1 Å². The Balaban J connectivity index is 2.20. The molecule has 29 heavy (non-hydrogen) atoms. The minimum Gasteiger partial charge on any atom is -0.497 e. The molecule has 0 aliphatic heterocycles. The highest BCUT2D eigenvalue weighted by Gasteiger charge is 2.23. The molecule has 9 heteroatoms. The molecule has 0 aliphatic carbocycles. The number of sulfonamides is 1. The molecule has 0 atom stereocenters. The Hall–Kier alpha value is -2.94. The lowest BCUT2D eigenvalue weighted by molar-refractivity contribution is 0.256. The fourth-order valence-electron chi connectivity index (χ4n) is 2.89. The summed E-state index contributed by atoms with van der Waals surface area (Å²) in [6, 6.07) is 9.03. The number of methoxy groups -OCH3 is 2. The summed E-state index contributed by atoms with van der Waals surface area (Å²) in [5.41, 5.74) is 2.37. The number of anilines is 2. The molecular weight excluding hydrogens is 394 g/mol. The van der Waals surface area contributed by atoms with Gasteiger partial charge in [-0.2, -0.15) is 0 Å². The molecule has 8 nitrogen and oxygen atoms in total. The van der Waals surface area contributed by atoms with Crippen molar-refractivity contribution in [1.29, 1.82) is 0 Å². The molecule has 2 amide bonds. The van der Waals surface area contributed by atoms with Gasteiger partial charge < -0.3 is 19.7 Å². The van der Waals surface area contributed by atoms with Crippen molar-refractivity contribution < 1.29 is 22.7 Å². The van der Waals surface area contributed by atoms with Crippen LogP contribution in [0.3, 0.4) is 0 Å². The van der Waals surface area contributed by atoms with Gasteiger partial charge in [-0.05, 0) is 56.7 Å². The minimum absolute atomic E-state index is 0.103. The molecule has 2 N–H and O–H groups in total. The number of amides is 2. The predicted molar refractivity (Wildman–Crippen MR) is 114 cm³/mol. The summed E-state index contributed by atoms with van der Waals surface area (Å²) in [5.74, 6) is 0.431. The van der Waals surface area contributed by atoms with Gasteiger partial charge in [-0.15, -0.1) is 0 Å². The van der Waals surface area contributed by atoms with Crippen LogP contribution in [0.25, 0.3) is 0 Å². The second-order valence-corrected chi connectivity index (χ2v) is 7.90.